The summed E-state index contributed by atoms with van der Waals surface area (Å²) in [6.45, 7) is 1.98. The first-order valence-corrected chi connectivity index (χ1v) is 6.04. The number of rotatable bonds is 2. The number of benzene rings is 1. The van der Waals surface area contributed by atoms with E-state index in [-0.39, 0.29) is 5.63 Å². The highest BCUT2D eigenvalue weighted by Gasteiger charge is 2.09. The fourth-order valence-electron chi connectivity index (χ4n) is 1.62. The first-order chi connectivity index (χ1) is 7.65. The second-order valence-electron chi connectivity index (χ2n) is 3.49. The lowest BCUT2D eigenvalue weighted by Crippen LogP contribution is -2.01. The lowest BCUT2D eigenvalue weighted by molar-refractivity contribution is 0.405. The van der Waals surface area contributed by atoms with Crippen LogP contribution in [0.25, 0.3) is 11.0 Å². The van der Waals surface area contributed by atoms with Gasteiger partial charge in [-0.2, -0.15) is 0 Å². The van der Waals surface area contributed by atoms with Crippen LogP contribution in [0, 0.1) is 6.92 Å². The normalized spacial score (nSPS) is 10.7. The number of methoxy groups -OCH3 is 1. The van der Waals surface area contributed by atoms with Crippen LogP contribution in [0.3, 0.4) is 0 Å². The van der Waals surface area contributed by atoms with E-state index in [9.17, 15) is 4.79 Å². The SMILES string of the molecule is COc1cc(C)cc2cc(SC)c(=O)oc12. The van der Waals surface area contributed by atoms with Gasteiger partial charge in [0.05, 0.1) is 12.0 Å². The number of fused-ring (bicyclic) bond motifs is 1. The van der Waals surface area contributed by atoms with Crippen LogP contribution in [-0.2, 0) is 0 Å². The van der Waals surface area contributed by atoms with Crippen molar-refractivity contribution in [2.24, 2.45) is 0 Å². The highest BCUT2D eigenvalue weighted by atomic mass is 32.2. The molecule has 2 aromatic rings. The molecule has 0 bridgehead atoms. The molecule has 1 heterocycles. The molecule has 16 heavy (non-hydrogen) atoms. The third-order valence-corrected chi connectivity index (χ3v) is 3.07. The van der Waals surface area contributed by atoms with Gasteiger partial charge in [0, 0.05) is 5.39 Å². The van der Waals surface area contributed by atoms with E-state index in [2.05, 4.69) is 0 Å². The van der Waals surface area contributed by atoms with Crippen molar-refractivity contribution < 1.29 is 9.15 Å². The Kier molecular flexibility index (Phi) is 2.92. The van der Waals surface area contributed by atoms with Gasteiger partial charge in [-0.1, -0.05) is 0 Å². The van der Waals surface area contributed by atoms with Crippen molar-refractivity contribution in [3.8, 4) is 5.75 Å². The molecule has 0 atom stereocenters. The first kappa shape index (κ1) is 11.1. The van der Waals surface area contributed by atoms with Crippen LogP contribution in [0.15, 0.2) is 32.3 Å². The minimum Gasteiger partial charge on any atom is -0.493 e. The van der Waals surface area contributed by atoms with Gasteiger partial charge in [0.2, 0.25) is 0 Å². The van der Waals surface area contributed by atoms with E-state index in [0.29, 0.717) is 16.2 Å². The monoisotopic (exact) mass is 236 g/mol. The van der Waals surface area contributed by atoms with Gasteiger partial charge >= 0.3 is 5.63 Å². The van der Waals surface area contributed by atoms with Crippen LogP contribution < -0.4 is 10.4 Å². The second-order valence-corrected chi connectivity index (χ2v) is 4.34. The van der Waals surface area contributed by atoms with E-state index >= 15 is 0 Å². The molecular weight excluding hydrogens is 224 g/mol. The van der Waals surface area contributed by atoms with Gasteiger partial charge in [0.25, 0.3) is 0 Å². The number of thioether (sulfide) groups is 1. The van der Waals surface area contributed by atoms with Gasteiger partial charge in [0.15, 0.2) is 11.3 Å². The Morgan fingerprint density at radius 2 is 2.06 bits per heavy atom. The van der Waals surface area contributed by atoms with Crippen LogP contribution in [0.5, 0.6) is 5.75 Å². The van der Waals surface area contributed by atoms with Gasteiger partial charge in [-0.05, 0) is 36.9 Å². The molecule has 84 valence electrons. The van der Waals surface area contributed by atoms with Crippen molar-refractivity contribution in [1.29, 1.82) is 0 Å². The van der Waals surface area contributed by atoms with E-state index in [1.165, 1.54) is 11.8 Å². The molecule has 0 saturated carbocycles. The fourth-order valence-corrected chi connectivity index (χ4v) is 2.07. The first-order valence-electron chi connectivity index (χ1n) is 4.82. The van der Waals surface area contributed by atoms with Gasteiger partial charge < -0.3 is 9.15 Å². The summed E-state index contributed by atoms with van der Waals surface area (Å²) < 4.78 is 10.5. The largest absolute Gasteiger partial charge is 0.493 e. The molecule has 0 fully saturated rings. The predicted molar refractivity (Wildman–Crippen MR) is 65.6 cm³/mol. The quantitative estimate of drug-likeness (QED) is 0.593. The molecule has 0 aliphatic carbocycles. The minimum absolute atomic E-state index is 0.317. The van der Waals surface area contributed by atoms with Gasteiger partial charge in [0.1, 0.15) is 0 Å². The van der Waals surface area contributed by atoms with Crippen LogP contribution in [0.4, 0.5) is 0 Å². The Morgan fingerprint density at radius 1 is 1.31 bits per heavy atom. The van der Waals surface area contributed by atoms with Crippen molar-refractivity contribution >= 4 is 22.7 Å². The van der Waals surface area contributed by atoms with E-state index in [4.69, 9.17) is 9.15 Å². The summed E-state index contributed by atoms with van der Waals surface area (Å²) in [5.41, 5.74) is 1.27. The van der Waals surface area contributed by atoms with Crippen LogP contribution in [0.1, 0.15) is 5.56 Å². The third-order valence-electron chi connectivity index (χ3n) is 2.35. The number of ether oxygens (including phenoxy) is 1. The van der Waals surface area contributed by atoms with Crippen molar-refractivity contribution in [3.63, 3.8) is 0 Å². The highest BCUT2D eigenvalue weighted by Crippen LogP contribution is 2.28. The minimum atomic E-state index is -0.317. The second kappa shape index (κ2) is 4.22. The molecule has 3 nitrogen and oxygen atoms in total. The molecule has 0 aliphatic rings. The summed E-state index contributed by atoms with van der Waals surface area (Å²) in [6.07, 6.45) is 1.85. The zero-order valence-electron chi connectivity index (χ0n) is 9.37. The Labute approximate surface area is 97.4 Å². The Balaban J connectivity index is 2.84. The van der Waals surface area contributed by atoms with Gasteiger partial charge in [-0.15, -0.1) is 11.8 Å². The average Bonchev–Trinajstić information content (AvgIpc) is 2.28. The fraction of sp³-hybridized carbons (Fsp3) is 0.250. The third kappa shape index (κ3) is 1.80. The maximum absolute atomic E-state index is 11.6. The molecule has 0 spiro atoms. The highest BCUT2D eigenvalue weighted by molar-refractivity contribution is 7.98. The molecule has 4 heteroatoms. The van der Waals surface area contributed by atoms with Crippen molar-refractivity contribution in [1.82, 2.24) is 0 Å². The molecule has 0 saturated heterocycles. The van der Waals surface area contributed by atoms with Gasteiger partial charge in [-0.25, -0.2) is 4.79 Å². The lowest BCUT2D eigenvalue weighted by atomic mass is 10.1. The summed E-state index contributed by atoms with van der Waals surface area (Å²) >= 11 is 1.38. The van der Waals surface area contributed by atoms with Crippen molar-refractivity contribution in [2.45, 2.75) is 11.8 Å². The predicted octanol–water partition coefficient (Wildman–Crippen LogP) is 2.83. The number of hydrogen-bond acceptors (Lipinski definition) is 4. The summed E-state index contributed by atoms with van der Waals surface area (Å²) in [5.74, 6) is 0.597. The summed E-state index contributed by atoms with van der Waals surface area (Å²) in [6, 6.07) is 5.66. The molecular formula is C12H12O3S. The van der Waals surface area contributed by atoms with Crippen molar-refractivity contribution in [2.75, 3.05) is 13.4 Å². The summed E-state index contributed by atoms with van der Waals surface area (Å²) in [5, 5.41) is 0.890. The maximum Gasteiger partial charge on any atom is 0.350 e. The molecule has 0 N–H and O–H groups in total. The van der Waals surface area contributed by atoms with Crippen LogP contribution in [-0.4, -0.2) is 13.4 Å². The van der Waals surface area contributed by atoms with E-state index < -0.39 is 0 Å². The molecule has 1 aromatic heterocycles. The number of hydrogen-bond donors (Lipinski definition) is 0. The maximum atomic E-state index is 11.6. The summed E-state index contributed by atoms with van der Waals surface area (Å²) in [4.78, 5) is 12.2. The smallest absolute Gasteiger partial charge is 0.350 e. The zero-order chi connectivity index (χ0) is 11.7. The molecule has 2 rings (SSSR count). The van der Waals surface area contributed by atoms with E-state index in [1.54, 1.807) is 7.11 Å². The van der Waals surface area contributed by atoms with Crippen LogP contribution >= 0.6 is 11.8 Å². The molecule has 0 unspecified atom stereocenters. The van der Waals surface area contributed by atoms with Crippen LogP contribution in [0.2, 0.25) is 0 Å². The standard InChI is InChI=1S/C12H12O3S/c1-7-4-8-6-10(16-3)12(13)15-11(8)9(5-7)14-2/h4-6H,1-3H3. The van der Waals surface area contributed by atoms with E-state index in [1.807, 2.05) is 31.4 Å². The Morgan fingerprint density at radius 3 is 2.69 bits per heavy atom. The number of aryl methyl sites for hydroxylation is 1. The molecule has 0 amide bonds. The average molecular weight is 236 g/mol. The zero-order valence-corrected chi connectivity index (χ0v) is 10.2. The van der Waals surface area contributed by atoms with Gasteiger partial charge in [-0.3, -0.25) is 0 Å². The Bertz CT molecular complexity index is 587. The Hall–Kier alpha value is -1.42. The lowest BCUT2D eigenvalue weighted by Gasteiger charge is -2.06. The summed E-state index contributed by atoms with van der Waals surface area (Å²) in [7, 11) is 1.57. The molecule has 1 aromatic carbocycles. The topological polar surface area (TPSA) is 39.4 Å². The molecule has 0 radical (unpaired) electrons. The molecule has 0 aliphatic heterocycles. The van der Waals surface area contributed by atoms with Crippen molar-refractivity contribution in [3.05, 3.63) is 34.2 Å². The van der Waals surface area contributed by atoms with E-state index in [0.717, 1.165) is 10.9 Å².